The van der Waals surface area contributed by atoms with Gasteiger partial charge >= 0.3 is 6.18 Å². The van der Waals surface area contributed by atoms with E-state index in [-0.39, 0.29) is 18.5 Å². The average molecular weight is 282 g/mol. The smallest absolute Gasteiger partial charge is 0.338 e. The van der Waals surface area contributed by atoms with Crippen molar-refractivity contribution in [1.82, 2.24) is 4.90 Å². The number of hydrogen-bond acceptors (Lipinski definition) is 2. The van der Waals surface area contributed by atoms with Gasteiger partial charge in [0.05, 0.1) is 0 Å². The fourth-order valence-corrected chi connectivity index (χ4v) is 1.94. The summed E-state index contributed by atoms with van der Waals surface area (Å²) < 4.78 is 38.6. The van der Waals surface area contributed by atoms with E-state index in [9.17, 15) is 18.0 Å². The van der Waals surface area contributed by atoms with Gasteiger partial charge in [-0.05, 0) is 25.7 Å². The first-order valence-corrected chi connectivity index (χ1v) is 6.65. The first-order valence-electron chi connectivity index (χ1n) is 6.65. The van der Waals surface area contributed by atoms with Crippen LogP contribution < -0.4 is 5.73 Å². The fraction of sp³-hybridized carbons (Fsp3) is 0.923. The predicted octanol–water partition coefficient (Wildman–Crippen LogP) is 2.94. The van der Waals surface area contributed by atoms with Gasteiger partial charge in [0.15, 0.2) is 5.54 Å². The van der Waals surface area contributed by atoms with Crippen molar-refractivity contribution in [2.75, 3.05) is 6.54 Å². The molecule has 114 valence electrons. The number of rotatable bonds is 6. The summed E-state index contributed by atoms with van der Waals surface area (Å²) in [6, 6.07) is -0.208. The van der Waals surface area contributed by atoms with Crippen molar-refractivity contribution in [1.29, 1.82) is 0 Å². The number of nitrogens with zero attached hydrogens (tertiary/aromatic N) is 1. The second-order valence-corrected chi connectivity index (χ2v) is 5.52. The van der Waals surface area contributed by atoms with Gasteiger partial charge in [-0.15, -0.1) is 0 Å². The van der Waals surface area contributed by atoms with E-state index in [2.05, 4.69) is 0 Å². The highest BCUT2D eigenvalue weighted by Crippen LogP contribution is 2.31. The lowest BCUT2D eigenvalue weighted by molar-refractivity contribution is -0.195. The van der Waals surface area contributed by atoms with Crippen LogP contribution >= 0.6 is 0 Å². The molecule has 0 aliphatic heterocycles. The van der Waals surface area contributed by atoms with Crippen LogP contribution in [0.2, 0.25) is 0 Å². The Balaban J connectivity index is 5.32. The highest BCUT2D eigenvalue weighted by atomic mass is 19.4. The normalized spacial score (nSPS) is 15.7. The molecule has 0 rings (SSSR count). The van der Waals surface area contributed by atoms with E-state index in [4.69, 9.17) is 5.73 Å². The van der Waals surface area contributed by atoms with Crippen molar-refractivity contribution >= 4 is 5.91 Å². The van der Waals surface area contributed by atoms with Crippen LogP contribution in [0.5, 0.6) is 0 Å². The third-order valence-corrected chi connectivity index (χ3v) is 3.24. The monoisotopic (exact) mass is 282 g/mol. The Kier molecular flexibility index (Phi) is 6.32. The Morgan fingerprint density at radius 3 is 1.89 bits per heavy atom. The second kappa shape index (κ2) is 6.59. The van der Waals surface area contributed by atoms with Gasteiger partial charge in [-0.25, -0.2) is 0 Å². The lowest BCUT2D eigenvalue weighted by Crippen LogP contribution is -2.64. The quantitative estimate of drug-likeness (QED) is 0.814. The zero-order chi connectivity index (χ0) is 15.4. The highest BCUT2D eigenvalue weighted by molar-refractivity contribution is 5.87. The van der Waals surface area contributed by atoms with Gasteiger partial charge < -0.3 is 10.6 Å². The Morgan fingerprint density at radius 1 is 1.21 bits per heavy atom. The van der Waals surface area contributed by atoms with Gasteiger partial charge in [0.2, 0.25) is 0 Å². The first-order chi connectivity index (χ1) is 8.48. The third kappa shape index (κ3) is 4.37. The lowest BCUT2D eigenvalue weighted by atomic mass is 9.97. The number of amides is 1. The summed E-state index contributed by atoms with van der Waals surface area (Å²) in [6.45, 7) is 8.47. The first kappa shape index (κ1) is 18.2. The molecule has 0 saturated carbocycles. The molecule has 0 saturated heterocycles. The van der Waals surface area contributed by atoms with Crippen LogP contribution in [0, 0.1) is 5.92 Å². The van der Waals surface area contributed by atoms with E-state index < -0.39 is 17.6 Å². The predicted molar refractivity (Wildman–Crippen MR) is 69.6 cm³/mol. The second-order valence-electron chi connectivity index (χ2n) is 5.52. The number of alkyl halides is 3. The van der Waals surface area contributed by atoms with E-state index in [1.807, 2.05) is 27.7 Å². The van der Waals surface area contributed by atoms with Crippen LogP contribution in [0.1, 0.15) is 47.5 Å². The molecule has 0 aliphatic carbocycles. The summed E-state index contributed by atoms with van der Waals surface area (Å²) in [5.41, 5.74) is 2.42. The molecule has 0 aromatic heterocycles. The van der Waals surface area contributed by atoms with E-state index >= 15 is 0 Å². The molecule has 19 heavy (non-hydrogen) atoms. The van der Waals surface area contributed by atoms with Crippen molar-refractivity contribution in [3.63, 3.8) is 0 Å². The zero-order valence-electron chi connectivity index (χ0n) is 12.3. The van der Waals surface area contributed by atoms with Crippen LogP contribution in [0.25, 0.3) is 0 Å². The van der Waals surface area contributed by atoms with E-state index in [1.165, 1.54) is 4.90 Å². The number of carbonyl (C=O) groups is 1. The van der Waals surface area contributed by atoms with Gasteiger partial charge in [-0.2, -0.15) is 13.2 Å². The highest BCUT2D eigenvalue weighted by Gasteiger charge is 2.55. The third-order valence-electron chi connectivity index (χ3n) is 3.24. The summed E-state index contributed by atoms with van der Waals surface area (Å²) >= 11 is 0. The maximum Gasteiger partial charge on any atom is 0.415 e. The van der Waals surface area contributed by atoms with Crippen molar-refractivity contribution in [2.45, 2.75) is 65.2 Å². The molecule has 0 radical (unpaired) electrons. The topological polar surface area (TPSA) is 46.3 Å². The number of halogens is 3. The van der Waals surface area contributed by atoms with Crippen LogP contribution in [-0.2, 0) is 4.79 Å². The van der Waals surface area contributed by atoms with Gasteiger partial charge in [0.25, 0.3) is 5.91 Å². The molecule has 1 unspecified atom stereocenters. The largest absolute Gasteiger partial charge is 0.415 e. The molecule has 3 nitrogen and oxygen atoms in total. The molecule has 0 spiro atoms. The lowest BCUT2D eigenvalue weighted by Gasteiger charge is -2.38. The number of hydrogen-bond donors (Lipinski definition) is 1. The summed E-state index contributed by atoms with van der Waals surface area (Å²) in [5, 5.41) is 0. The molecular weight excluding hydrogens is 257 g/mol. The molecular formula is C13H25F3N2O. The summed E-state index contributed by atoms with van der Waals surface area (Å²) in [6.07, 6.45) is -3.52. The van der Waals surface area contributed by atoms with Crippen molar-refractivity contribution < 1.29 is 18.0 Å². The molecule has 6 heteroatoms. The maximum absolute atomic E-state index is 12.9. The van der Waals surface area contributed by atoms with Crippen LogP contribution in [0.4, 0.5) is 13.2 Å². The molecule has 0 aliphatic rings. The van der Waals surface area contributed by atoms with Gasteiger partial charge in [-0.3, -0.25) is 4.79 Å². The van der Waals surface area contributed by atoms with Crippen LogP contribution in [0.3, 0.4) is 0 Å². The van der Waals surface area contributed by atoms with Crippen molar-refractivity contribution in [3.8, 4) is 0 Å². The SMILES string of the molecule is CCC(CC)N(CC(C)C)C(=O)C(C)(N)C(F)(F)F. The van der Waals surface area contributed by atoms with Gasteiger partial charge in [-0.1, -0.05) is 27.7 Å². The standard InChI is InChI=1S/C13H25F3N2O/c1-6-10(7-2)18(8-9(3)4)11(19)12(5,17)13(14,15)16/h9-10H,6-8,17H2,1-5H3. The van der Waals surface area contributed by atoms with Gasteiger partial charge in [0.1, 0.15) is 0 Å². The van der Waals surface area contributed by atoms with Crippen LogP contribution in [-0.4, -0.2) is 35.1 Å². The van der Waals surface area contributed by atoms with E-state index in [0.717, 1.165) is 6.92 Å². The minimum Gasteiger partial charge on any atom is -0.338 e. The Labute approximate surface area is 113 Å². The summed E-state index contributed by atoms with van der Waals surface area (Å²) in [4.78, 5) is 13.5. The van der Waals surface area contributed by atoms with Crippen molar-refractivity contribution in [3.05, 3.63) is 0 Å². The minimum atomic E-state index is -4.74. The Morgan fingerprint density at radius 2 is 1.63 bits per heavy atom. The molecule has 0 bridgehead atoms. The van der Waals surface area contributed by atoms with Crippen molar-refractivity contribution in [2.24, 2.45) is 11.7 Å². The molecule has 2 N–H and O–H groups in total. The zero-order valence-corrected chi connectivity index (χ0v) is 12.3. The maximum atomic E-state index is 12.9. The number of carbonyl (C=O) groups excluding carboxylic acids is 1. The number of nitrogens with two attached hydrogens (primary N) is 1. The molecule has 0 aromatic carbocycles. The molecule has 0 heterocycles. The average Bonchev–Trinajstić information content (AvgIpc) is 2.26. The fourth-order valence-electron chi connectivity index (χ4n) is 1.94. The molecule has 0 aromatic rings. The van der Waals surface area contributed by atoms with Gasteiger partial charge in [0, 0.05) is 12.6 Å². The Bertz CT molecular complexity index is 297. The summed E-state index contributed by atoms with van der Waals surface area (Å²) in [7, 11) is 0. The molecule has 1 amide bonds. The van der Waals surface area contributed by atoms with E-state index in [1.54, 1.807) is 0 Å². The van der Waals surface area contributed by atoms with E-state index in [0.29, 0.717) is 12.8 Å². The molecule has 0 fully saturated rings. The minimum absolute atomic E-state index is 0.0913. The summed E-state index contributed by atoms with van der Waals surface area (Å²) in [5.74, 6) is -0.948. The Hall–Kier alpha value is -0.780. The van der Waals surface area contributed by atoms with Crippen LogP contribution in [0.15, 0.2) is 0 Å². The molecule has 1 atom stereocenters.